The van der Waals surface area contributed by atoms with E-state index >= 15 is 0 Å². The lowest BCUT2D eigenvalue weighted by atomic mass is 10.4. The molecule has 0 amide bonds. The highest BCUT2D eigenvalue weighted by Crippen LogP contribution is 2.32. The van der Waals surface area contributed by atoms with Crippen LogP contribution in [0.1, 0.15) is 10.4 Å². The van der Waals surface area contributed by atoms with Crippen molar-refractivity contribution < 1.29 is 9.53 Å². The molecule has 0 aliphatic rings. The number of esters is 1. The van der Waals surface area contributed by atoms with Gasteiger partial charge in [-0.2, -0.15) is 4.37 Å². The van der Waals surface area contributed by atoms with Crippen LogP contribution in [0.5, 0.6) is 0 Å². The molecule has 6 heteroatoms. The van der Waals surface area contributed by atoms with Crippen molar-refractivity contribution in [1.29, 1.82) is 0 Å². The van der Waals surface area contributed by atoms with Crippen molar-refractivity contribution in [1.82, 2.24) is 4.37 Å². The Morgan fingerprint density at radius 3 is 2.62 bits per heavy atom. The molecule has 0 radical (unpaired) electrons. The van der Waals surface area contributed by atoms with Crippen LogP contribution >= 0.6 is 35.1 Å². The Balaban J connectivity index is 3.12. The van der Waals surface area contributed by atoms with Gasteiger partial charge in [0.15, 0.2) is 0 Å². The maximum atomic E-state index is 11.4. The normalized spacial score (nSPS) is 10.1. The molecule has 0 bridgehead atoms. The standard InChI is InChI=1S/C7H9NO2S3/c1-10-6(9)4-5(11-2)8-13-7(4)12-3/h1-3H3. The van der Waals surface area contributed by atoms with E-state index in [1.165, 1.54) is 42.2 Å². The van der Waals surface area contributed by atoms with Crippen LogP contribution in [-0.4, -0.2) is 30.0 Å². The molecule has 72 valence electrons. The molecule has 0 saturated heterocycles. The number of nitrogens with zero attached hydrogens (tertiary/aromatic N) is 1. The fourth-order valence-corrected chi connectivity index (χ4v) is 3.06. The molecule has 0 N–H and O–H groups in total. The quantitative estimate of drug-likeness (QED) is 0.594. The summed E-state index contributed by atoms with van der Waals surface area (Å²) in [5.74, 6) is -0.303. The van der Waals surface area contributed by atoms with Crippen molar-refractivity contribution in [2.24, 2.45) is 0 Å². The lowest BCUT2D eigenvalue weighted by molar-refractivity contribution is 0.0593. The van der Waals surface area contributed by atoms with Crippen molar-refractivity contribution in [3.8, 4) is 0 Å². The molecule has 0 fully saturated rings. The summed E-state index contributed by atoms with van der Waals surface area (Å²) in [6.07, 6.45) is 3.82. The summed E-state index contributed by atoms with van der Waals surface area (Å²) in [7, 11) is 1.38. The molecule has 1 aromatic rings. The minimum atomic E-state index is -0.303. The predicted octanol–water partition coefficient (Wildman–Crippen LogP) is 2.37. The largest absolute Gasteiger partial charge is 0.465 e. The third-order valence-electron chi connectivity index (χ3n) is 1.40. The molecular formula is C7H9NO2S3. The fourth-order valence-electron chi connectivity index (χ4n) is 0.813. The number of carbonyl (C=O) groups excluding carboxylic acids is 1. The summed E-state index contributed by atoms with van der Waals surface area (Å²) in [4.78, 5) is 11.4. The molecule has 1 heterocycles. The van der Waals surface area contributed by atoms with Crippen LogP contribution in [0.3, 0.4) is 0 Å². The summed E-state index contributed by atoms with van der Waals surface area (Å²) < 4.78 is 9.75. The predicted molar refractivity (Wildman–Crippen MR) is 57.0 cm³/mol. The Morgan fingerprint density at radius 2 is 2.15 bits per heavy atom. The van der Waals surface area contributed by atoms with Crippen molar-refractivity contribution in [2.45, 2.75) is 9.24 Å². The van der Waals surface area contributed by atoms with E-state index in [-0.39, 0.29) is 5.97 Å². The van der Waals surface area contributed by atoms with E-state index in [0.29, 0.717) is 5.56 Å². The number of ether oxygens (including phenoxy) is 1. The average Bonchev–Trinajstić information content (AvgIpc) is 2.59. The summed E-state index contributed by atoms with van der Waals surface area (Å²) in [6.45, 7) is 0. The van der Waals surface area contributed by atoms with Gasteiger partial charge in [0.05, 0.1) is 11.3 Å². The van der Waals surface area contributed by atoms with Gasteiger partial charge in [0.25, 0.3) is 0 Å². The second-order valence-electron chi connectivity index (χ2n) is 2.05. The van der Waals surface area contributed by atoms with Crippen LogP contribution in [0.15, 0.2) is 9.24 Å². The van der Waals surface area contributed by atoms with Crippen LogP contribution in [-0.2, 0) is 4.74 Å². The highest BCUT2D eigenvalue weighted by Gasteiger charge is 2.20. The maximum Gasteiger partial charge on any atom is 0.342 e. The number of carbonyl (C=O) groups is 1. The van der Waals surface area contributed by atoms with Gasteiger partial charge in [-0.3, -0.25) is 0 Å². The van der Waals surface area contributed by atoms with Crippen molar-refractivity contribution in [2.75, 3.05) is 19.6 Å². The van der Waals surface area contributed by atoms with E-state index in [1.807, 2.05) is 12.5 Å². The molecule has 1 rings (SSSR count). The number of aromatic nitrogens is 1. The van der Waals surface area contributed by atoms with E-state index in [1.54, 1.807) is 0 Å². The van der Waals surface area contributed by atoms with Crippen LogP contribution < -0.4 is 0 Å². The van der Waals surface area contributed by atoms with E-state index in [9.17, 15) is 4.79 Å². The molecule has 0 aliphatic carbocycles. The van der Waals surface area contributed by atoms with Gasteiger partial charge >= 0.3 is 5.97 Å². The van der Waals surface area contributed by atoms with Crippen LogP contribution in [0.2, 0.25) is 0 Å². The molecule has 0 aliphatic heterocycles. The zero-order valence-electron chi connectivity index (χ0n) is 7.49. The van der Waals surface area contributed by atoms with Gasteiger partial charge in [-0.1, -0.05) is 0 Å². The summed E-state index contributed by atoms with van der Waals surface area (Å²) >= 11 is 4.31. The summed E-state index contributed by atoms with van der Waals surface area (Å²) in [5.41, 5.74) is 0.604. The average molecular weight is 235 g/mol. The Hall–Kier alpha value is -0.200. The van der Waals surface area contributed by atoms with Crippen molar-refractivity contribution in [3.05, 3.63) is 5.56 Å². The molecule has 0 spiro atoms. The smallest absolute Gasteiger partial charge is 0.342 e. The SMILES string of the molecule is COC(=O)c1c(SC)nsc1SC. The zero-order valence-corrected chi connectivity index (χ0v) is 9.94. The molecule has 3 nitrogen and oxygen atoms in total. The minimum Gasteiger partial charge on any atom is -0.465 e. The second kappa shape index (κ2) is 4.88. The topological polar surface area (TPSA) is 39.2 Å². The van der Waals surface area contributed by atoms with Crippen molar-refractivity contribution in [3.63, 3.8) is 0 Å². The first kappa shape index (κ1) is 10.9. The van der Waals surface area contributed by atoms with Crippen molar-refractivity contribution >= 4 is 41.0 Å². The Bertz CT molecular complexity index is 289. The molecule has 0 aromatic carbocycles. The first-order valence-electron chi connectivity index (χ1n) is 3.40. The molecule has 0 saturated carbocycles. The van der Waals surface area contributed by atoms with Gasteiger partial charge in [0.2, 0.25) is 0 Å². The molecule has 0 atom stereocenters. The lowest BCUT2D eigenvalue weighted by Gasteiger charge is -1.99. The highest BCUT2D eigenvalue weighted by atomic mass is 32.2. The number of hydrogen-bond donors (Lipinski definition) is 0. The third-order valence-corrected chi connectivity index (χ3v) is 4.14. The zero-order chi connectivity index (χ0) is 9.84. The maximum absolute atomic E-state index is 11.4. The number of rotatable bonds is 3. The van der Waals surface area contributed by atoms with Gasteiger partial charge < -0.3 is 4.74 Å². The van der Waals surface area contributed by atoms with E-state index in [2.05, 4.69) is 9.11 Å². The summed E-state index contributed by atoms with van der Waals surface area (Å²) in [5, 5.41) is 0.751. The van der Waals surface area contributed by atoms with Gasteiger partial charge in [0.1, 0.15) is 10.6 Å². The Morgan fingerprint density at radius 1 is 1.46 bits per heavy atom. The van der Waals surface area contributed by atoms with E-state index < -0.39 is 0 Å². The van der Waals surface area contributed by atoms with Crippen LogP contribution in [0.4, 0.5) is 0 Å². The van der Waals surface area contributed by atoms with E-state index in [0.717, 1.165) is 9.24 Å². The lowest BCUT2D eigenvalue weighted by Crippen LogP contribution is -2.02. The molecule has 1 aromatic heterocycles. The van der Waals surface area contributed by atoms with Crippen LogP contribution in [0, 0.1) is 0 Å². The fraction of sp³-hybridized carbons (Fsp3) is 0.429. The molecule has 0 unspecified atom stereocenters. The van der Waals surface area contributed by atoms with Gasteiger partial charge in [-0.15, -0.1) is 23.5 Å². The summed E-state index contributed by atoms with van der Waals surface area (Å²) in [6, 6.07) is 0. The highest BCUT2D eigenvalue weighted by molar-refractivity contribution is 8.01. The molecular weight excluding hydrogens is 226 g/mol. The molecule has 13 heavy (non-hydrogen) atoms. The third kappa shape index (κ3) is 2.18. The van der Waals surface area contributed by atoms with Gasteiger partial charge in [-0.05, 0) is 24.0 Å². The first-order chi connectivity index (χ1) is 6.24. The van der Waals surface area contributed by atoms with Gasteiger partial charge in [0, 0.05) is 0 Å². The first-order valence-corrected chi connectivity index (χ1v) is 6.62. The van der Waals surface area contributed by atoms with Crippen LogP contribution in [0.25, 0.3) is 0 Å². The number of thioether (sulfide) groups is 2. The monoisotopic (exact) mass is 235 g/mol. The Kier molecular flexibility index (Phi) is 4.08. The Labute approximate surface area is 89.4 Å². The second-order valence-corrected chi connectivity index (χ2v) is 4.69. The minimum absolute atomic E-state index is 0.303. The van der Waals surface area contributed by atoms with E-state index in [4.69, 9.17) is 0 Å². The number of hydrogen-bond acceptors (Lipinski definition) is 6. The van der Waals surface area contributed by atoms with Gasteiger partial charge in [-0.25, -0.2) is 4.79 Å². The number of methoxy groups -OCH3 is 1.